The average Bonchev–Trinajstić information content (AvgIpc) is 2.46. The minimum atomic E-state index is -4.65. The Morgan fingerprint density at radius 1 is 1.30 bits per heavy atom. The fraction of sp³-hybridized carbons (Fsp3) is 0.571. The third-order valence-corrected chi connectivity index (χ3v) is 5.41. The molecule has 4 nitrogen and oxygen atoms in total. The molecule has 1 aliphatic rings. The van der Waals surface area contributed by atoms with E-state index in [9.17, 15) is 21.6 Å². The quantitative estimate of drug-likeness (QED) is 0.837. The molecule has 1 aromatic carbocycles. The van der Waals surface area contributed by atoms with Crippen molar-refractivity contribution < 1.29 is 21.6 Å². The maximum atomic E-state index is 12.8. The second kappa shape index (κ2) is 7.38. The van der Waals surface area contributed by atoms with Crippen LogP contribution in [0, 0.1) is 5.92 Å². The summed E-state index contributed by atoms with van der Waals surface area (Å²) in [5.74, 6) is 0.372. The first-order valence-corrected chi connectivity index (χ1v) is 9.13. The SMILES string of the molecule is O=S(=O)(NCCC1CCCNC1)c1cc(Cl)cc(C(F)(F)F)c1. The van der Waals surface area contributed by atoms with E-state index in [0.29, 0.717) is 24.5 Å². The molecular formula is C14H18ClF3N2O2S. The van der Waals surface area contributed by atoms with Gasteiger partial charge < -0.3 is 5.32 Å². The van der Waals surface area contributed by atoms with Gasteiger partial charge in [-0.2, -0.15) is 13.2 Å². The van der Waals surface area contributed by atoms with Crippen LogP contribution in [0.25, 0.3) is 0 Å². The Kier molecular flexibility index (Phi) is 5.94. The Bertz CT molecular complexity index is 644. The third-order valence-electron chi connectivity index (χ3n) is 3.75. The number of hydrogen-bond acceptors (Lipinski definition) is 3. The Balaban J connectivity index is 2.05. The van der Waals surface area contributed by atoms with Crippen LogP contribution in [0.3, 0.4) is 0 Å². The van der Waals surface area contributed by atoms with Gasteiger partial charge in [0.25, 0.3) is 0 Å². The summed E-state index contributed by atoms with van der Waals surface area (Å²) in [4.78, 5) is -0.473. The van der Waals surface area contributed by atoms with Crippen molar-refractivity contribution in [2.24, 2.45) is 5.92 Å². The van der Waals surface area contributed by atoms with Crippen LogP contribution in [0.4, 0.5) is 13.2 Å². The monoisotopic (exact) mass is 370 g/mol. The Labute approximate surface area is 138 Å². The first-order chi connectivity index (χ1) is 10.7. The van der Waals surface area contributed by atoms with Crippen LogP contribution >= 0.6 is 11.6 Å². The topological polar surface area (TPSA) is 58.2 Å². The summed E-state index contributed by atoms with van der Waals surface area (Å²) in [5.41, 5.74) is -1.08. The van der Waals surface area contributed by atoms with Crippen LogP contribution in [-0.2, 0) is 16.2 Å². The fourth-order valence-corrected chi connectivity index (χ4v) is 3.95. The Morgan fingerprint density at radius 2 is 2.04 bits per heavy atom. The van der Waals surface area contributed by atoms with Gasteiger partial charge in [0.15, 0.2) is 0 Å². The molecule has 1 aromatic rings. The Hall–Kier alpha value is -0.830. The number of hydrogen-bond donors (Lipinski definition) is 2. The molecule has 0 saturated carbocycles. The predicted octanol–water partition coefficient (Wildman–Crippen LogP) is 3.03. The lowest BCUT2D eigenvalue weighted by atomic mass is 9.96. The number of nitrogens with one attached hydrogen (secondary N) is 2. The lowest BCUT2D eigenvalue weighted by molar-refractivity contribution is -0.137. The first-order valence-electron chi connectivity index (χ1n) is 7.26. The molecule has 130 valence electrons. The highest BCUT2D eigenvalue weighted by Gasteiger charge is 2.32. The number of sulfonamides is 1. The van der Waals surface area contributed by atoms with Gasteiger partial charge in [0.05, 0.1) is 10.5 Å². The molecule has 0 bridgehead atoms. The number of halogens is 4. The van der Waals surface area contributed by atoms with Crippen LogP contribution in [0.5, 0.6) is 0 Å². The number of alkyl halides is 3. The number of rotatable bonds is 5. The molecule has 0 spiro atoms. The van der Waals surface area contributed by atoms with Crippen LogP contribution in [0.1, 0.15) is 24.8 Å². The summed E-state index contributed by atoms with van der Waals surface area (Å²) in [6, 6.07) is 2.31. The van der Waals surface area contributed by atoms with E-state index in [-0.39, 0.29) is 11.6 Å². The zero-order valence-corrected chi connectivity index (χ0v) is 13.9. The van der Waals surface area contributed by atoms with Crippen molar-refractivity contribution in [1.82, 2.24) is 10.0 Å². The minimum Gasteiger partial charge on any atom is -0.316 e. The minimum absolute atomic E-state index is 0.183. The van der Waals surface area contributed by atoms with Crippen molar-refractivity contribution in [2.45, 2.75) is 30.3 Å². The molecular weight excluding hydrogens is 353 g/mol. The largest absolute Gasteiger partial charge is 0.416 e. The van der Waals surface area contributed by atoms with Gasteiger partial charge in [0, 0.05) is 11.6 Å². The maximum absolute atomic E-state index is 12.8. The highest BCUT2D eigenvalue weighted by Crippen LogP contribution is 2.32. The molecule has 0 amide bonds. The van der Waals surface area contributed by atoms with Crippen molar-refractivity contribution in [3.8, 4) is 0 Å². The van der Waals surface area contributed by atoms with Crippen molar-refractivity contribution in [3.05, 3.63) is 28.8 Å². The molecule has 1 heterocycles. The summed E-state index contributed by atoms with van der Waals surface area (Å²) < 4.78 is 64.9. The van der Waals surface area contributed by atoms with Crippen molar-refractivity contribution in [3.63, 3.8) is 0 Å². The maximum Gasteiger partial charge on any atom is 0.416 e. The van der Waals surface area contributed by atoms with Gasteiger partial charge in [0.1, 0.15) is 0 Å². The molecule has 1 unspecified atom stereocenters. The van der Waals surface area contributed by atoms with E-state index in [4.69, 9.17) is 11.6 Å². The summed E-state index contributed by atoms with van der Waals surface area (Å²) in [5, 5.41) is 2.96. The first kappa shape index (κ1) is 18.5. The van der Waals surface area contributed by atoms with E-state index in [0.717, 1.165) is 32.0 Å². The van der Waals surface area contributed by atoms with Crippen molar-refractivity contribution in [2.75, 3.05) is 19.6 Å². The lowest BCUT2D eigenvalue weighted by Gasteiger charge is -2.22. The van der Waals surface area contributed by atoms with E-state index in [1.165, 1.54) is 0 Å². The molecule has 1 fully saturated rings. The van der Waals surface area contributed by atoms with Crippen LogP contribution in [0.15, 0.2) is 23.1 Å². The highest BCUT2D eigenvalue weighted by molar-refractivity contribution is 7.89. The molecule has 1 atom stereocenters. The lowest BCUT2D eigenvalue weighted by Crippen LogP contribution is -2.33. The molecule has 0 aliphatic carbocycles. The normalized spacial score (nSPS) is 19.7. The van der Waals surface area contributed by atoms with E-state index in [2.05, 4.69) is 10.0 Å². The molecule has 2 N–H and O–H groups in total. The van der Waals surface area contributed by atoms with Gasteiger partial charge in [-0.05, 0) is 56.5 Å². The summed E-state index contributed by atoms with van der Waals surface area (Å²) in [6.45, 7) is 1.98. The zero-order chi connectivity index (χ0) is 17.1. The molecule has 1 saturated heterocycles. The average molecular weight is 371 g/mol. The number of benzene rings is 1. The van der Waals surface area contributed by atoms with E-state index >= 15 is 0 Å². The second-order valence-corrected chi connectivity index (χ2v) is 7.78. The second-order valence-electron chi connectivity index (χ2n) is 5.57. The molecule has 0 radical (unpaired) electrons. The summed E-state index contributed by atoms with van der Waals surface area (Å²) in [6.07, 6.45) is -1.95. The molecule has 1 aliphatic heterocycles. The molecule has 9 heteroatoms. The van der Waals surface area contributed by atoms with Crippen molar-refractivity contribution in [1.29, 1.82) is 0 Å². The zero-order valence-electron chi connectivity index (χ0n) is 12.3. The van der Waals surface area contributed by atoms with Crippen LogP contribution < -0.4 is 10.0 Å². The molecule has 0 aromatic heterocycles. The standard InChI is InChI=1S/C14H18ClF3N2O2S/c15-12-6-11(14(16,17)18)7-13(8-12)23(21,22)20-5-3-10-2-1-4-19-9-10/h6-8,10,19-20H,1-5,9H2. The van der Waals surface area contributed by atoms with Crippen LogP contribution in [0.2, 0.25) is 5.02 Å². The summed E-state index contributed by atoms with van der Waals surface area (Å²) in [7, 11) is -4.02. The Morgan fingerprint density at radius 3 is 2.65 bits per heavy atom. The van der Waals surface area contributed by atoms with Gasteiger partial charge >= 0.3 is 6.18 Å². The van der Waals surface area contributed by atoms with E-state index in [1.807, 2.05) is 0 Å². The van der Waals surface area contributed by atoms with Crippen molar-refractivity contribution >= 4 is 21.6 Å². The number of piperidine rings is 1. The van der Waals surface area contributed by atoms with Gasteiger partial charge in [-0.15, -0.1) is 0 Å². The smallest absolute Gasteiger partial charge is 0.316 e. The van der Waals surface area contributed by atoms with Gasteiger partial charge in [0.2, 0.25) is 10.0 Å². The van der Waals surface area contributed by atoms with Gasteiger partial charge in [-0.25, -0.2) is 13.1 Å². The van der Waals surface area contributed by atoms with E-state index < -0.39 is 26.7 Å². The third kappa shape index (κ3) is 5.34. The van der Waals surface area contributed by atoms with Gasteiger partial charge in [-0.3, -0.25) is 0 Å². The molecule has 2 rings (SSSR count). The predicted molar refractivity (Wildman–Crippen MR) is 81.9 cm³/mol. The van der Waals surface area contributed by atoms with Gasteiger partial charge in [-0.1, -0.05) is 11.6 Å². The molecule has 23 heavy (non-hydrogen) atoms. The fourth-order valence-electron chi connectivity index (χ4n) is 2.53. The van der Waals surface area contributed by atoms with E-state index in [1.54, 1.807) is 0 Å². The highest BCUT2D eigenvalue weighted by atomic mass is 35.5. The van der Waals surface area contributed by atoms with Crippen LogP contribution in [-0.4, -0.2) is 28.1 Å². The summed E-state index contributed by atoms with van der Waals surface area (Å²) >= 11 is 5.62.